The smallest absolute Gasteiger partial charge is 0.119 e. The number of hydrogen-bond acceptors (Lipinski definition) is 4. The molecule has 0 saturated heterocycles. The highest BCUT2D eigenvalue weighted by molar-refractivity contribution is 5.48. The van der Waals surface area contributed by atoms with E-state index in [1.807, 2.05) is 45.3 Å². The molecule has 1 aromatic rings. The number of rotatable bonds is 6. The van der Waals surface area contributed by atoms with Crippen LogP contribution in [0.2, 0.25) is 0 Å². The van der Waals surface area contributed by atoms with Crippen LogP contribution < -0.4 is 15.0 Å². The average Bonchev–Trinajstić information content (AvgIpc) is 2.44. The maximum Gasteiger partial charge on any atom is 0.119 e. The van der Waals surface area contributed by atoms with Crippen LogP contribution in [0, 0.1) is 11.3 Å². The van der Waals surface area contributed by atoms with Gasteiger partial charge in [-0.1, -0.05) is 0 Å². The van der Waals surface area contributed by atoms with E-state index in [0.29, 0.717) is 0 Å². The SMILES string of the molecule is CNC(C)(C#N)CCN(C)c1ccc(OC)cc1. The van der Waals surface area contributed by atoms with Crippen molar-refractivity contribution in [3.05, 3.63) is 24.3 Å². The summed E-state index contributed by atoms with van der Waals surface area (Å²) in [4.78, 5) is 2.13. The largest absolute Gasteiger partial charge is 0.497 e. The van der Waals surface area contributed by atoms with Gasteiger partial charge in [0.15, 0.2) is 0 Å². The molecule has 0 bridgehead atoms. The zero-order valence-corrected chi connectivity index (χ0v) is 11.5. The van der Waals surface area contributed by atoms with Crippen LogP contribution in [0.4, 0.5) is 5.69 Å². The predicted molar refractivity (Wildman–Crippen MR) is 74.0 cm³/mol. The Balaban J connectivity index is 2.60. The summed E-state index contributed by atoms with van der Waals surface area (Å²) in [7, 11) is 5.50. The Morgan fingerprint density at radius 1 is 1.39 bits per heavy atom. The molecule has 1 atom stereocenters. The van der Waals surface area contributed by atoms with Gasteiger partial charge in [0.1, 0.15) is 11.3 Å². The van der Waals surface area contributed by atoms with Crippen LogP contribution in [-0.4, -0.2) is 33.3 Å². The number of nitrogens with one attached hydrogen (secondary N) is 1. The first kappa shape index (κ1) is 14.3. The molecule has 1 rings (SSSR count). The highest BCUT2D eigenvalue weighted by atomic mass is 16.5. The molecule has 18 heavy (non-hydrogen) atoms. The van der Waals surface area contributed by atoms with Crippen molar-refractivity contribution in [1.82, 2.24) is 5.32 Å². The van der Waals surface area contributed by atoms with Crippen molar-refractivity contribution >= 4 is 5.69 Å². The minimum absolute atomic E-state index is 0.471. The number of methoxy groups -OCH3 is 1. The van der Waals surface area contributed by atoms with Crippen molar-refractivity contribution < 1.29 is 4.74 Å². The van der Waals surface area contributed by atoms with E-state index >= 15 is 0 Å². The number of ether oxygens (including phenoxy) is 1. The lowest BCUT2D eigenvalue weighted by molar-refractivity contribution is 0.414. The molecule has 1 unspecified atom stereocenters. The summed E-state index contributed by atoms with van der Waals surface area (Å²) in [6, 6.07) is 10.2. The number of nitriles is 1. The van der Waals surface area contributed by atoms with Gasteiger partial charge in [-0.25, -0.2) is 0 Å². The Labute approximate surface area is 109 Å². The molecular formula is C14H21N3O. The molecule has 1 N–H and O–H groups in total. The lowest BCUT2D eigenvalue weighted by Crippen LogP contribution is -2.41. The van der Waals surface area contributed by atoms with Gasteiger partial charge in [0.05, 0.1) is 13.2 Å². The first-order valence-electron chi connectivity index (χ1n) is 6.00. The van der Waals surface area contributed by atoms with Crippen LogP contribution in [0.1, 0.15) is 13.3 Å². The lowest BCUT2D eigenvalue weighted by atomic mass is 10.00. The monoisotopic (exact) mass is 247 g/mol. The number of anilines is 1. The summed E-state index contributed by atoms with van der Waals surface area (Å²) >= 11 is 0. The highest BCUT2D eigenvalue weighted by Gasteiger charge is 2.21. The zero-order valence-electron chi connectivity index (χ0n) is 11.5. The number of hydrogen-bond donors (Lipinski definition) is 1. The van der Waals surface area contributed by atoms with Crippen molar-refractivity contribution in [3.63, 3.8) is 0 Å². The third-order valence-corrected chi connectivity index (χ3v) is 3.26. The van der Waals surface area contributed by atoms with E-state index in [1.54, 1.807) is 7.11 Å². The van der Waals surface area contributed by atoms with E-state index < -0.39 is 5.54 Å². The van der Waals surface area contributed by atoms with E-state index in [1.165, 1.54) is 0 Å². The van der Waals surface area contributed by atoms with Crippen LogP contribution in [-0.2, 0) is 0 Å². The molecule has 0 saturated carbocycles. The molecule has 1 aromatic carbocycles. The van der Waals surface area contributed by atoms with Crippen LogP contribution in [0.15, 0.2) is 24.3 Å². The quantitative estimate of drug-likeness (QED) is 0.835. The average molecular weight is 247 g/mol. The van der Waals surface area contributed by atoms with Crippen LogP contribution >= 0.6 is 0 Å². The van der Waals surface area contributed by atoms with Crippen molar-refractivity contribution in [2.45, 2.75) is 18.9 Å². The summed E-state index contributed by atoms with van der Waals surface area (Å²) in [5, 5.41) is 12.1. The van der Waals surface area contributed by atoms with Gasteiger partial charge in [-0.2, -0.15) is 5.26 Å². The fourth-order valence-electron chi connectivity index (χ4n) is 1.59. The summed E-state index contributed by atoms with van der Waals surface area (Å²) in [6.07, 6.45) is 0.766. The van der Waals surface area contributed by atoms with E-state index in [-0.39, 0.29) is 0 Å². The summed E-state index contributed by atoms with van der Waals surface area (Å²) in [6.45, 7) is 2.73. The first-order valence-corrected chi connectivity index (χ1v) is 6.00. The van der Waals surface area contributed by atoms with E-state index in [2.05, 4.69) is 16.3 Å². The molecule has 0 aliphatic heterocycles. The second kappa shape index (κ2) is 6.27. The van der Waals surface area contributed by atoms with Gasteiger partial charge in [0.25, 0.3) is 0 Å². The topological polar surface area (TPSA) is 48.3 Å². The van der Waals surface area contributed by atoms with Crippen molar-refractivity contribution in [3.8, 4) is 11.8 Å². The van der Waals surface area contributed by atoms with Gasteiger partial charge in [0.2, 0.25) is 0 Å². The van der Waals surface area contributed by atoms with Crippen molar-refractivity contribution in [1.29, 1.82) is 5.26 Å². The molecular weight excluding hydrogens is 226 g/mol. The normalized spacial score (nSPS) is 13.5. The Morgan fingerprint density at radius 2 is 2.00 bits per heavy atom. The second-order valence-corrected chi connectivity index (χ2v) is 4.56. The minimum atomic E-state index is -0.471. The summed E-state index contributed by atoms with van der Waals surface area (Å²) in [5.41, 5.74) is 0.646. The molecule has 98 valence electrons. The highest BCUT2D eigenvalue weighted by Crippen LogP contribution is 2.19. The second-order valence-electron chi connectivity index (χ2n) is 4.56. The summed E-state index contributed by atoms with van der Waals surface area (Å²) < 4.78 is 5.13. The zero-order chi connectivity index (χ0) is 13.6. The molecule has 4 heteroatoms. The third kappa shape index (κ3) is 3.64. The molecule has 4 nitrogen and oxygen atoms in total. The fraction of sp³-hybridized carbons (Fsp3) is 0.500. The van der Waals surface area contributed by atoms with Gasteiger partial charge >= 0.3 is 0 Å². The maximum absolute atomic E-state index is 9.09. The van der Waals surface area contributed by atoms with Crippen molar-refractivity contribution in [2.75, 3.05) is 32.6 Å². The molecule has 0 aromatic heterocycles. The minimum Gasteiger partial charge on any atom is -0.497 e. The van der Waals surface area contributed by atoms with Crippen LogP contribution in [0.5, 0.6) is 5.75 Å². The predicted octanol–water partition coefficient (Wildman–Crippen LogP) is 2.02. The first-order chi connectivity index (χ1) is 8.54. The Morgan fingerprint density at radius 3 is 2.44 bits per heavy atom. The molecule has 0 heterocycles. The Kier molecular flexibility index (Phi) is 4.99. The molecule has 0 amide bonds. The number of benzene rings is 1. The molecule has 0 radical (unpaired) electrons. The molecule has 0 fully saturated rings. The van der Waals surface area contributed by atoms with E-state index in [4.69, 9.17) is 10.00 Å². The van der Waals surface area contributed by atoms with Gasteiger partial charge in [-0.15, -0.1) is 0 Å². The van der Waals surface area contributed by atoms with Gasteiger partial charge in [-0.3, -0.25) is 0 Å². The van der Waals surface area contributed by atoms with Crippen LogP contribution in [0.25, 0.3) is 0 Å². The fourth-order valence-corrected chi connectivity index (χ4v) is 1.59. The van der Waals surface area contributed by atoms with E-state index in [9.17, 15) is 0 Å². The lowest BCUT2D eigenvalue weighted by Gasteiger charge is -2.26. The maximum atomic E-state index is 9.09. The Hall–Kier alpha value is -1.73. The van der Waals surface area contributed by atoms with Crippen molar-refractivity contribution in [2.24, 2.45) is 0 Å². The third-order valence-electron chi connectivity index (χ3n) is 3.26. The molecule has 0 aliphatic carbocycles. The van der Waals surface area contributed by atoms with Gasteiger partial charge in [-0.05, 0) is 44.7 Å². The Bertz CT molecular complexity index is 410. The van der Waals surface area contributed by atoms with Gasteiger partial charge in [0, 0.05) is 19.3 Å². The van der Waals surface area contributed by atoms with E-state index in [0.717, 1.165) is 24.4 Å². The van der Waals surface area contributed by atoms with Gasteiger partial charge < -0.3 is 15.0 Å². The standard InChI is InChI=1S/C14H21N3O/c1-14(11-15,16-2)9-10-17(3)12-5-7-13(18-4)8-6-12/h5-8,16H,9-10H2,1-4H3. The summed E-state index contributed by atoms with van der Waals surface area (Å²) in [5.74, 6) is 0.851. The molecule has 0 spiro atoms. The number of nitrogens with zero attached hydrogens (tertiary/aromatic N) is 2. The molecule has 0 aliphatic rings. The van der Waals surface area contributed by atoms with Crippen LogP contribution in [0.3, 0.4) is 0 Å².